The van der Waals surface area contributed by atoms with Crippen LogP contribution in [0.3, 0.4) is 0 Å². The van der Waals surface area contributed by atoms with Gasteiger partial charge >= 0.3 is 5.97 Å². The minimum Gasteiger partial charge on any atom is -0.426 e. The summed E-state index contributed by atoms with van der Waals surface area (Å²) in [6.45, 7) is 15.1. The van der Waals surface area contributed by atoms with E-state index in [2.05, 4.69) is 59.7 Å². The van der Waals surface area contributed by atoms with Crippen molar-refractivity contribution in [3.05, 3.63) is 52.6 Å². The molecule has 2 aromatic carbocycles. The molecule has 138 valence electrons. The molecule has 0 fully saturated rings. The summed E-state index contributed by atoms with van der Waals surface area (Å²) >= 11 is 0. The smallest absolute Gasteiger partial charge is 0.308 e. The minimum absolute atomic E-state index is 0.150. The maximum Gasteiger partial charge on any atom is 0.308 e. The molecule has 0 heterocycles. The van der Waals surface area contributed by atoms with Crippen LogP contribution in [0.25, 0.3) is 11.1 Å². The average molecular weight is 351 g/mol. The first-order chi connectivity index (χ1) is 12.0. The zero-order valence-electron chi connectivity index (χ0n) is 17.1. The molecule has 0 atom stereocenters. The molecular formula is C24H30O2. The zero-order valence-corrected chi connectivity index (χ0v) is 17.1. The van der Waals surface area contributed by atoms with Crippen molar-refractivity contribution >= 4 is 5.97 Å². The first-order valence-corrected chi connectivity index (χ1v) is 9.47. The van der Waals surface area contributed by atoms with Gasteiger partial charge in [0.05, 0.1) is 0 Å². The summed E-state index contributed by atoms with van der Waals surface area (Å²) in [6, 6.07) is 10.6. The van der Waals surface area contributed by atoms with Crippen LogP contribution in [0.4, 0.5) is 0 Å². The van der Waals surface area contributed by atoms with E-state index in [1.807, 2.05) is 12.1 Å². The molecule has 2 heteroatoms. The van der Waals surface area contributed by atoms with E-state index in [1.165, 1.54) is 42.0 Å². The van der Waals surface area contributed by atoms with E-state index in [4.69, 9.17) is 4.74 Å². The normalized spacial score (nSPS) is 17.5. The van der Waals surface area contributed by atoms with Gasteiger partial charge in [0.2, 0.25) is 0 Å². The van der Waals surface area contributed by atoms with E-state index in [0.29, 0.717) is 5.75 Å². The number of rotatable bonds is 2. The Morgan fingerprint density at radius 2 is 1.50 bits per heavy atom. The molecule has 3 rings (SSSR count). The van der Waals surface area contributed by atoms with Gasteiger partial charge in [0.1, 0.15) is 5.75 Å². The van der Waals surface area contributed by atoms with Gasteiger partial charge in [-0.05, 0) is 77.5 Å². The summed E-state index contributed by atoms with van der Waals surface area (Å²) in [7, 11) is 0. The van der Waals surface area contributed by atoms with Crippen LogP contribution < -0.4 is 4.74 Å². The highest BCUT2D eigenvalue weighted by atomic mass is 16.5. The first kappa shape index (κ1) is 18.7. The van der Waals surface area contributed by atoms with E-state index in [9.17, 15) is 4.79 Å². The highest BCUT2D eigenvalue weighted by Gasteiger charge is 2.37. The van der Waals surface area contributed by atoms with E-state index < -0.39 is 0 Å². The molecule has 0 saturated heterocycles. The van der Waals surface area contributed by atoms with Crippen LogP contribution in [0.5, 0.6) is 5.75 Å². The standard InChI is InChI=1S/C24H30O2/c1-15-9-8-10-21(26-17(3)25)22(15)18-14-20-19(13-16(18)2)23(4,5)11-12-24(20,6)7/h8-10,13-14H,11-12H2,1-7H3. The van der Waals surface area contributed by atoms with Gasteiger partial charge in [0.15, 0.2) is 0 Å². The number of esters is 1. The molecular weight excluding hydrogens is 320 g/mol. The van der Waals surface area contributed by atoms with Gasteiger partial charge in [-0.3, -0.25) is 4.79 Å². The van der Waals surface area contributed by atoms with Gasteiger partial charge in [0, 0.05) is 12.5 Å². The van der Waals surface area contributed by atoms with Crippen molar-refractivity contribution in [2.24, 2.45) is 0 Å². The number of aryl methyl sites for hydroxylation is 2. The fourth-order valence-electron chi connectivity index (χ4n) is 4.22. The van der Waals surface area contributed by atoms with Crippen LogP contribution in [-0.2, 0) is 15.6 Å². The third-order valence-corrected chi connectivity index (χ3v) is 5.96. The molecule has 0 radical (unpaired) electrons. The highest BCUT2D eigenvalue weighted by molar-refractivity contribution is 5.81. The number of hydrogen-bond donors (Lipinski definition) is 0. The molecule has 0 N–H and O–H groups in total. The number of hydrogen-bond acceptors (Lipinski definition) is 2. The highest BCUT2D eigenvalue weighted by Crippen LogP contribution is 2.48. The number of carbonyl (C=O) groups is 1. The largest absolute Gasteiger partial charge is 0.426 e. The van der Waals surface area contributed by atoms with Gasteiger partial charge < -0.3 is 4.74 Å². The molecule has 0 bridgehead atoms. The van der Waals surface area contributed by atoms with Crippen molar-refractivity contribution in [1.82, 2.24) is 0 Å². The van der Waals surface area contributed by atoms with Crippen LogP contribution in [0, 0.1) is 13.8 Å². The molecule has 0 aliphatic heterocycles. The van der Waals surface area contributed by atoms with Gasteiger partial charge in [-0.2, -0.15) is 0 Å². The maximum absolute atomic E-state index is 11.6. The van der Waals surface area contributed by atoms with Crippen molar-refractivity contribution in [3.8, 4) is 16.9 Å². The minimum atomic E-state index is -0.283. The van der Waals surface area contributed by atoms with E-state index in [1.54, 1.807) is 0 Å². The average Bonchev–Trinajstić information content (AvgIpc) is 2.52. The number of fused-ring (bicyclic) bond motifs is 1. The Hall–Kier alpha value is -2.09. The molecule has 1 aliphatic carbocycles. The lowest BCUT2D eigenvalue weighted by molar-refractivity contribution is -0.131. The van der Waals surface area contributed by atoms with Gasteiger partial charge in [-0.1, -0.05) is 45.9 Å². The molecule has 2 nitrogen and oxygen atoms in total. The Bertz CT molecular complexity index is 872. The van der Waals surface area contributed by atoms with E-state index in [0.717, 1.165) is 11.1 Å². The Kier molecular flexibility index (Phi) is 4.50. The fourth-order valence-corrected chi connectivity index (χ4v) is 4.22. The second kappa shape index (κ2) is 6.26. The van der Waals surface area contributed by atoms with Crippen LogP contribution in [0.1, 0.15) is 69.7 Å². The molecule has 1 aliphatic rings. The SMILES string of the molecule is CC(=O)Oc1cccc(C)c1-c1cc2c(cc1C)C(C)(C)CCC2(C)C. The van der Waals surface area contributed by atoms with Crippen LogP contribution in [0.15, 0.2) is 30.3 Å². The summed E-state index contributed by atoms with van der Waals surface area (Å²) in [4.78, 5) is 11.6. The summed E-state index contributed by atoms with van der Waals surface area (Å²) < 4.78 is 5.53. The Balaban J connectivity index is 2.28. The van der Waals surface area contributed by atoms with Gasteiger partial charge in [-0.25, -0.2) is 0 Å². The monoisotopic (exact) mass is 350 g/mol. The number of benzene rings is 2. The third-order valence-electron chi connectivity index (χ3n) is 5.96. The predicted molar refractivity (Wildman–Crippen MR) is 108 cm³/mol. The zero-order chi connectivity index (χ0) is 19.3. The van der Waals surface area contributed by atoms with Crippen LogP contribution >= 0.6 is 0 Å². The maximum atomic E-state index is 11.6. The molecule has 2 aromatic rings. The van der Waals surface area contributed by atoms with Gasteiger partial charge in [-0.15, -0.1) is 0 Å². The third kappa shape index (κ3) is 3.18. The van der Waals surface area contributed by atoms with Gasteiger partial charge in [0.25, 0.3) is 0 Å². The van der Waals surface area contributed by atoms with Crippen molar-refractivity contribution in [2.75, 3.05) is 0 Å². The molecule has 0 saturated carbocycles. The first-order valence-electron chi connectivity index (χ1n) is 9.47. The Morgan fingerprint density at radius 1 is 0.923 bits per heavy atom. The topological polar surface area (TPSA) is 26.3 Å². The molecule has 0 unspecified atom stereocenters. The Labute approximate surface area is 157 Å². The molecule has 0 amide bonds. The second-order valence-corrected chi connectivity index (χ2v) is 9.02. The quantitative estimate of drug-likeness (QED) is 0.473. The lowest BCUT2D eigenvalue weighted by Gasteiger charge is -2.42. The summed E-state index contributed by atoms with van der Waals surface area (Å²) in [5.74, 6) is 0.363. The molecule has 0 spiro atoms. The molecule has 0 aromatic heterocycles. The summed E-state index contributed by atoms with van der Waals surface area (Å²) in [6.07, 6.45) is 2.38. The number of carbonyl (C=O) groups excluding carboxylic acids is 1. The summed E-state index contributed by atoms with van der Waals surface area (Å²) in [5.41, 5.74) is 7.78. The lowest BCUT2D eigenvalue weighted by Crippen LogP contribution is -2.34. The van der Waals surface area contributed by atoms with Crippen molar-refractivity contribution in [1.29, 1.82) is 0 Å². The predicted octanol–water partition coefficient (Wildman–Crippen LogP) is 6.24. The van der Waals surface area contributed by atoms with E-state index >= 15 is 0 Å². The second-order valence-electron chi connectivity index (χ2n) is 9.02. The summed E-state index contributed by atoms with van der Waals surface area (Å²) in [5, 5.41) is 0. The van der Waals surface area contributed by atoms with Crippen molar-refractivity contribution in [3.63, 3.8) is 0 Å². The lowest BCUT2D eigenvalue weighted by atomic mass is 9.62. The number of ether oxygens (including phenoxy) is 1. The fraction of sp³-hybridized carbons (Fsp3) is 0.458. The van der Waals surface area contributed by atoms with Crippen LogP contribution in [-0.4, -0.2) is 5.97 Å². The van der Waals surface area contributed by atoms with Crippen LogP contribution in [0.2, 0.25) is 0 Å². The van der Waals surface area contributed by atoms with Crippen molar-refractivity contribution in [2.45, 2.75) is 72.1 Å². The van der Waals surface area contributed by atoms with Crippen molar-refractivity contribution < 1.29 is 9.53 Å². The Morgan fingerprint density at radius 3 is 2.08 bits per heavy atom. The van der Waals surface area contributed by atoms with E-state index in [-0.39, 0.29) is 16.8 Å². The molecule has 26 heavy (non-hydrogen) atoms.